The van der Waals surface area contributed by atoms with Crippen molar-refractivity contribution in [1.29, 1.82) is 0 Å². The Kier molecular flexibility index (Phi) is 4.86. The van der Waals surface area contributed by atoms with E-state index in [9.17, 15) is 4.79 Å². The van der Waals surface area contributed by atoms with Gasteiger partial charge in [-0.15, -0.1) is 0 Å². The first-order valence-corrected chi connectivity index (χ1v) is 7.53. The van der Waals surface area contributed by atoms with E-state index in [1.807, 2.05) is 4.90 Å². The van der Waals surface area contributed by atoms with Gasteiger partial charge in [0.2, 0.25) is 5.91 Å². The van der Waals surface area contributed by atoms with Gasteiger partial charge in [-0.2, -0.15) is 0 Å². The van der Waals surface area contributed by atoms with Crippen LogP contribution >= 0.6 is 0 Å². The first-order chi connectivity index (χ1) is 9.64. The van der Waals surface area contributed by atoms with Crippen LogP contribution in [0.1, 0.15) is 45.4 Å². The zero-order valence-corrected chi connectivity index (χ0v) is 12.2. The fourth-order valence-electron chi connectivity index (χ4n) is 3.28. The minimum Gasteiger partial charge on any atom is -0.409 e. The molecule has 0 aromatic carbocycles. The smallest absolute Gasteiger partial charge is 0.236 e. The number of amidine groups is 1. The molecule has 1 aliphatic heterocycles. The number of morpholine rings is 1. The van der Waals surface area contributed by atoms with Crippen LogP contribution in [0.4, 0.5) is 0 Å². The van der Waals surface area contributed by atoms with E-state index in [0.717, 1.165) is 25.7 Å². The number of carbonyl (C=O) groups excluding carboxylic acids is 1. The van der Waals surface area contributed by atoms with Gasteiger partial charge in [0.15, 0.2) is 5.84 Å². The lowest BCUT2D eigenvalue weighted by atomic mass is 9.72. The highest BCUT2D eigenvalue weighted by Crippen LogP contribution is 2.38. The second-order valence-corrected chi connectivity index (χ2v) is 5.78. The maximum atomic E-state index is 12.9. The first kappa shape index (κ1) is 15.1. The van der Waals surface area contributed by atoms with Gasteiger partial charge in [-0.25, -0.2) is 0 Å². The van der Waals surface area contributed by atoms with Gasteiger partial charge in [0.1, 0.15) is 5.41 Å². The summed E-state index contributed by atoms with van der Waals surface area (Å²) in [7, 11) is 0. The molecular formula is C14H25N3O3. The van der Waals surface area contributed by atoms with Crippen molar-refractivity contribution in [1.82, 2.24) is 4.90 Å². The van der Waals surface area contributed by atoms with Gasteiger partial charge in [-0.3, -0.25) is 4.79 Å². The summed E-state index contributed by atoms with van der Waals surface area (Å²) in [6.45, 7) is 3.82. The third-order valence-electron chi connectivity index (χ3n) is 4.60. The average Bonchev–Trinajstić information content (AvgIpc) is 2.54. The fourth-order valence-corrected chi connectivity index (χ4v) is 3.28. The Morgan fingerprint density at radius 1 is 1.45 bits per heavy atom. The van der Waals surface area contributed by atoms with Crippen LogP contribution in [-0.2, 0) is 9.53 Å². The predicted molar refractivity (Wildman–Crippen MR) is 75.5 cm³/mol. The summed E-state index contributed by atoms with van der Waals surface area (Å²) in [5, 5.41) is 12.2. The molecule has 1 amide bonds. The van der Waals surface area contributed by atoms with Crippen LogP contribution in [0.25, 0.3) is 0 Å². The summed E-state index contributed by atoms with van der Waals surface area (Å²) in [6.07, 6.45) is 5.34. The second-order valence-electron chi connectivity index (χ2n) is 5.78. The lowest BCUT2D eigenvalue weighted by molar-refractivity contribution is -0.147. The van der Waals surface area contributed by atoms with Crippen molar-refractivity contribution in [2.75, 3.05) is 19.7 Å². The molecule has 1 heterocycles. The number of ether oxygens (including phenoxy) is 1. The van der Waals surface area contributed by atoms with Gasteiger partial charge in [0.05, 0.1) is 12.7 Å². The molecule has 2 fully saturated rings. The molecule has 2 rings (SSSR count). The zero-order chi connectivity index (χ0) is 14.6. The lowest BCUT2D eigenvalue weighted by Crippen LogP contribution is -2.56. The van der Waals surface area contributed by atoms with E-state index < -0.39 is 5.41 Å². The van der Waals surface area contributed by atoms with Gasteiger partial charge in [0.25, 0.3) is 0 Å². The molecule has 0 bridgehead atoms. The molecule has 6 heteroatoms. The number of nitrogens with zero attached hydrogens (tertiary/aromatic N) is 2. The maximum absolute atomic E-state index is 12.9. The highest BCUT2D eigenvalue weighted by atomic mass is 16.5. The van der Waals surface area contributed by atoms with E-state index in [0.29, 0.717) is 32.5 Å². The fraction of sp³-hybridized carbons (Fsp3) is 0.857. The van der Waals surface area contributed by atoms with E-state index in [1.165, 1.54) is 0 Å². The van der Waals surface area contributed by atoms with Gasteiger partial charge in [-0.05, 0) is 19.3 Å². The quantitative estimate of drug-likeness (QED) is 0.354. The molecule has 1 saturated heterocycles. The summed E-state index contributed by atoms with van der Waals surface area (Å²) in [4.78, 5) is 14.8. The topological polar surface area (TPSA) is 88.2 Å². The Balaban J connectivity index is 2.18. The summed E-state index contributed by atoms with van der Waals surface area (Å²) in [5.74, 6) is 0.0796. The molecule has 0 aromatic rings. The van der Waals surface area contributed by atoms with Crippen LogP contribution < -0.4 is 5.73 Å². The van der Waals surface area contributed by atoms with E-state index in [-0.39, 0.29) is 17.8 Å². The van der Waals surface area contributed by atoms with Gasteiger partial charge >= 0.3 is 0 Å². The predicted octanol–water partition coefficient (Wildman–Crippen LogP) is 1.32. The molecular weight excluding hydrogens is 258 g/mol. The molecule has 1 unspecified atom stereocenters. The molecule has 6 nitrogen and oxygen atoms in total. The number of carbonyl (C=O) groups is 1. The Morgan fingerprint density at radius 3 is 2.75 bits per heavy atom. The van der Waals surface area contributed by atoms with Crippen LogP contribution in [0.3, 0.4) is 0 Å². The Bertz CT molecular complexity index is 378. The Labute approximate surface area is 119 Å². The molecule has 20 heavy (non-hydrogen) atoms. The monoisotopic (exact) mass is 283 g/mol. The Morgan fingerprint density at radius 2 is 2.15 bits per heavy atom. The summed E-state index contributed by atoms with van der Waals surface area (Å²) in [6, 6.07) is 0. The third-order valence-corrected chi connectivity index (χ3v) is 4.60. The second kappa shape index (κ2) is 6.43. The van der Waals surface area contributed by atoms with Crippen molar-refractivity contribution in [2.24, 2.45) is 16.3 Å². The minimum atomic E-state index is -0.803. The van der Waals surface area contributed by atoms with Crippen molar-refractivity contribution in [2.45, 2.75) is 51.6 Å². The highest BCUT2D eigenvalue weighted by molar-refractivity contribution is 6.06. The van der Waals surface area contributed by atoms with Gasteiger partial charge < -0.3 is 20.6 Å². The number of hydrogen-bond donors (Lipinski definition) is 2. The summed E-state index contributed by atoms with van der Waals surface area (Å²) >= 11 is 0. The number of hydrogen-bond acceptors (Lipinski definition) is 4. The molecule has 3 N–H and O–H groups in total. The lowest BCUT2D eigenvalue weighted by Gasteiger charge is -2.41. The normalized spacial score (nSPS) is 27.4. The standard InChI is InChI=1S/C14H25N3O3/c1-2-11-10-17(8-9-20-11)13(18)14(12(15)16-19)6-4-3-5-7-14/h11,19H,2-10H2,1H3,(H2,15,16). The molecule has 1 atom stereocenters. The van der Waals surface area contributed by atoms with E-state index in [1.54, 1.807) is 0 Å². The van der Waals surface area contributed by atoms with Crippen LogP contribution in [-0.4, -0.2) is 47.7 Å². The summed E-state index contributed by atoms with van der Waals surface area (Å²) < 4.78 is 5.61. The summed E-state index contributed by atoms with van der Waals surface area (Å²) in [5.41, 5.74) is 5.08. The molecule has 114 valence electrons. The SMILES string of the molecule is CCC1CN(C(=O)C2(C(N)=NO)CCCCC2)CCO1. The molecule has 0 aromatic heterocycles. The van der Waals surface area contributed by atoms with E-state index in [4.69, 9.17) is 15.7 Å². The molecule has 0 radical (unpaired) electrons. The zero-order valence-electron chi connectivity index (χ0n) is 12.2. The van der Waals surface area contributed by atoms with Crippen molar-refractivity contribution in [3.8, 4) is 0 Å². The molecule has 0 spiro atoms. The number of oxime groups is 1. The number of nitrogens with two attached hydrogens (primary N) is 1. The number of amides is 1. The first-order valence-electron chi connectivity index (χ1n) is 7.53. The van der Waals surface area contributed by atoms with Crippen molar-refractivity contribution in [3.05, 3.63) is 0 Å². The van der Waals surface area contributed by atoms with Crippen LogP contribution in [0.5, 0.6) is 0 Å². The van der Waals surface area contributed by atoms with Crippen LogP contribution in [0.2, 0.25) is 0 Å². The van der Waals surface area contributed by atoms with Crippen LogP contribution in [0.15, 0.2) is 5.16 Å². The van der Waals surface area contributed by atoms with Crippen molar-refractivity contribution < 1.29 is 14.7 Å². The molecule has 1 aliphatic carbocycles. The molecule has 1 saturated carbocycles. The van der Waals surface area contributed by atoms with Crippen molar-refractivity contribution in [3.63, 3.8) is 0 Å². The van der Waals surface area contributed by atoms with E-state index in [2.05, 4.69) is 12.1 Å². The molecule has 2 aliphatic rings. The average molecular weight is 283 g/mol. The largest absolute Gasteiger partial charge is 0.409 e. The van der Waals surface area contributed by atoms with Crippen molar-refractivity contribution >= 4 is 11.7 Å². The third kappa shape index (κ3) is 2.75. The minimum absolute atomic E-state index is 0.00856. The number of rotatable bonds is 3. The van der Waals surface area contributed by atoms with Crippen LogP contribution in [0, 0.1) is 5.41 Å². The van der Waals surface area contributed by atoms with Gasteiger partial charge in [0, 0.05) is 13.1 Å². The van der Waals surface area contributed by atoms with E-state index >= 15 is 0 Å². The maximum Gasteiger partial charge on any atom is 0.236 e. The van der Waals surface area contributed by atoms with Gasteiger partial charge in [-0.1, -0.05) is 31.3 Å². The Hall–Kier alpha value is -1.30. The highest BCUT2D eigenvalue weighted by Gasteiger charge is 2.46.